The van der Waals surface area contributed by atoms with Crippen molar-refractivity contribution < 1.29 is 22.7 Å². The van der Waals surface area contributed by atoms with Crippen molar-refractivity contribution in [3.05, 3.63) is 23.4 Å². The first-order chi connectivity index (χ1) is 10.9. The summed E-state index contributed by atoms with van der Waals surface area (Å²) >= 11 is 0. The van der Waals surface area contributed by atoms with Crippen molar-refractivity contribution in [1.29, 1.82) is 5.26 Å². The molecule has 0 saturated carbocycles. The SMILES string of the molecule is CC(C)(C)OC(=O)CCNC(=O)c1ccc(C#N)c(S(C)(=O)=O)n1. The fourth-order valence-electron chi connectivity index (χ4n) is 1.70. The number of nitrogens with one attached hydrogen (secondary N) is 1. The first kappa shape index (κ1) is 19.6. The molecule has 0 aliphatic rings. The normalized spacial score (nSPS) is 11.5. The minimum Gasteiger partial charge on any atom is -0.460 e. The maximum absolute atomic E-state index is 12.0. The van der Waals surface area contributed by atoms with Crippen LogP contribution >= 0.6 is 0 Å². The van der Waals surface area contributed by atoms with E-state index in [-0.39, 0.29) is 24.2 Å². The lowest BCUT2D eigenvalue weighted by atomic mass is 10.2. The van der Waals surface area contributed by atoms with Gasteiger partial charge in [0.25, 0.3) is 5.91 Å². The smallest absolute Gasteiger partial charge is 0.308 e. The van der Waals surface area contributed by atoms with Gasteiger partial charge in [0.15, 0.2) is 14.9 Å². The Morgan fingerprint density at radius 1 is 1.33 bits per heavy atom. The van der Waals surface area contributed by atoms with Crippen LogP contribution in [0.25, 0.3) is 0 Å². The van der Waals surface area contributed by atoms with Gasteiger partial charge in [0.05, 0.1) is 12.0 Å². The number of hydrogen-bond donors (Lipinski definition) is 1. The lowest BCUT2D eigenvalue weighted by Gasteiger charge is -2.19. The molecule has 0 radical (unpaired) electrons. The molecule has 1 N–H and O–H groups in total. The van der Waals surface area contributed by atoms with Crippen LogP contribution in [0.4, 0.5) is 0 Å². The predicted octanol–water partition coefficient (Wildman–Crippen LogP) is 0.818. The molecule has 24 heavy (non-hydrogen) atoms. The highest BCUT2D eigenvalue weighted by Crippen LogP contribution is 2.13. The summed E-state index contributed by atoms with van der Waals surface area (Å²) in [7, 11) is -3.74. The Morgan fingerprint density at radius 2 is 1.96 bits per heavy atom. The van der Waals surface area contributed by atoms with E-state index in [2.05, 4.69) is 10.3 Å². The molecular weight excluding hydrogens is 334 g/mol. The average molecular weight is 353 g/mol. The van der Waals surface area contributed by atoms with E-state index in [1.807, 2.05) is 0 Å². The van der Waals surface area contributed by atoms with E-state index in [9.17, 15) is 18.0 Å². The van der Waals surface area contributed by atoms with Gasteiger partial charge in [0.1, 0.15) is 17.4 Å². The lowest BCUT2D eigenvalue weighted by Crippen LogP contribution is -2.30. The highest BCUT2D eigenvalue weighted by Gasteiger charge is 2.19. The summed E-state index contributed by atoms with van der Waals surface area (Å²) in [5.41, 5.74) is -0.901. The topological polar surface area (TPSA) is 126 Å². The number of nitrogens with zero attached hydrogens (tertiary/aromatic N) is 2. The third kappa shape index (κ3) is 5.96. The molecule has 0 aromatic carbocycles. The summed E-state index contributed by atoms with van der Waals surface area (Å²) < 4.78 is 28.3. The second-order valence-corrected chi connectivity index (χ2v) is 7.96. The van der Waals surface area contributed by atoms with Crippen LogP contribution in [0.1, 0.15) is 43.2 Å². The molecular formula is C15H19N3O5S. The zero-order valence-corrected chi connectivity index (χ0v) is 14.7. The molecule has 0 aliphatic carbocycles. The van der Waals surface area contributed by atoms with Crippen LogP contribution in [-0.4, -0.2) is 43.7 Å². The van der Waals surface area contributed by atoms with Gasteiger partial charge in [-0.2, -0.15) is 5.26 Å². The van der Waals surface area contributed by atoms with E-state index in [0.717, 1.165) is 6.26 Å². The van der Waals surface area contributed by atoms with Crippen molar-refractivity contribution in [3.63, 3.8) is 0 Å². The van der Waals surface area contributed by atoms with Gasteiger partial charge in [-0.1, -0.05) is 0 Å². The molecule has 0 bridgehead atoms. The summed E-state index contributed by atoms with van der Waals surface area (Å²) in [5, 5.41) is 10.9. The summed E-state index contributed by atoms with van der Waals surface area (Å²) in [6.45, 7) is 5.22. The maximum Gasteiger partial charge on any atom is 0.308 e. The number of ether oxygens (including phenoxy) is 1. The van der Waals surface area contributed by atoms with Crippen molar-refractivity contribution in [1.82, 2.24) is 10.3 Å². The Balaban J connectivity index is 2.77. The number of aromatic nitrogens is 1. The molecule has 9 heteroatoms. The Labute approximate surface area is 140 Å². The maximum atomic E-state index is 12.0. The van der Waals surface area contributed by atoms with E-state index in [4.69, 9.17) is 10.00 Å². The second kappa shape index (κ2) is 7.40. The standard InChI is InChI=1S/C15H19N3O5S/c1-15(2,3)23-12(19)7-8-17-13(20)11-6-5-10(9-16)14(18-11)24(4,21)22/h5-6H,7-8H2,1-4H3,(H,17,20). The number of sulfone groups is 1. The van der Waals surface area contributed by atoms with Gasteiger partial charge in [-0.15, -0.1) is 0 Å². The first-order valence-corrected chi connectivity index (χ1v) is 8.94. The molecule has 0 spiro atoms. The minimum absolute atomic E-state index is 0.0175. The van der Waals surface area contributed by atoms with Gasteiger partial charge in [0, 0.05) is 12.8 Å². The fraction of sp³-hybridized carbons (Fsp3) is 0.467. The Hall–Kier alpha value is -2.47. The Morgan fingerprint density at radius 3 is 2.46 bits per heavy atom. The third-order valence-electron chi connectivity index (χ3n) is 2.60. The summed E-state index contributed by atoms with van der Waals surface area (Å²) in [4.78, 5) is 27.3. The number of hydrogen-bond acceptors (Lipinski definition) is 7. The van der Waals surface area contributed by atoms with Crippen molar-refractivity contribution in [2.75, 3.05) is 12.8 Å². The van der Waals surface area contributed by atoms with Crippen molar-refractivity contribution in [3.8, 4) is 6.07 Å². The number of amides is 1. The zero-order valence-electron chi connectivity index (χ0n) is 13.9. The number of esters is 1. The van der Waals surface area contributed by atoms with Crippen LogP contribution in [0, 0.1) is 11.3 Å². The largest absolute Gasteiger partial charge is 0.460 e. The van der Waals surface area contributed by atoms with Crippen molar-refractivity contribution in [2.45, 2.75) is 37.8 Å². The molecule has 1 aromatic rings. The molecule has 1 aromatic heterocycles. The number of rotatable bonds is 5. The minimum atomic E-state index is -3.74. The molecule has 1 amide bonds. The monoisotopic (exact) mass is 353 g/mol. The number of pyridine rings is 1. The lowest BCUT2D eigenvalue weighted by molar-refractivity contribution is -0.154. The average Bonchev–Trinajstić information content (AvgIpc) is 2.43. The van der Waals surface area contributed by atoms with E-state index in [0.29, 0.717) is 0 Å². The Bertz CT molecular complexity index is 788. The third-order valence-corrected chi connectivity index (χ3v) is 3.61. The van der Waals surface area contributed by atoms with Gasteiger partial charge in [-0.05, 0) is 32.9 Å². The summed E-state index contributed by atoms with van der Waals surface area (Å²) in [6, 6.07) is 4.17. The quantitative estimate of drug-likeness (QED) is 0.776. The van der Waals surface area contributed by atoms with Gasteiger partial charge >= 0.3 is 5.97 Å². The van der Waals surface area contributed by atoms with Crippen molar-refractivity contribution >= 4 is 21.7 Å². The molecule has 0 aliphatic heterocycles. The highest BCUT2D eigenvalue weighted by atomic mass is 32.2. The van der Waals surface area contributed by atoms with Gasteiger partial charge in [0.2, 0.25) is 0 Å². The second-order valence-electron chi connectivity index (χ2n) is 6.03. The van der Waals surface area contributed by atoms with E-state index < -0.39 is 32.3 Å². The molecule has 0 unspecified atom stereocenters. The molecule has 1 rings (SSSR count). The van der Waals surface area contributed by atoms with Crippen LogP contribution < -0.4 is 5.32 Å². The highest BCUT2D eigenvalue weighted by molar-refractivity contribution is 7.90. The van der Waals surface area contributed by atoms with E-state index >= 15 is 0 Å². The molecule has 0 saturated heterocycles. The van der Waals surface area contributed by atoms with Crippen molar-refractivity contribution in [2.24, 2.45) is 0 Å². The summed E-state index contributed by atoms with van der Waals surface area (Å²) in [5.74, 6) is -1.11. The van der Waals surface area contributed by atoms with Crippen LogP contribution in [0.3, 0.4) is 0 Å². The first-order valence-electron chi connectivity index (χ1n) is 7.05. The molecule has 8 nitrogen and oxygen atoms in total. The van der Waals surface area contributed by atoms with Gasteiger partial charge in [-0.3, -0.25) is 9.59 Å². The molecule has 0 fully saturated rings. The summed E-state index contributed by atoms with van der Waals surface area (Å²) in [6.07, 6.45) is 0.874. The number of nitriles is 1. The predicted molar refractivity (Wildman–Crippen MR) is 84.9 cm³/mol. The van der Waals surface area contributed by atoms with Crippen LogP contribution in [-0.2, 0) is 19.4 Å². The van der Waals surface area contributed by atoms with E-state index in [1.165, 1.54) is 12.1 Å². The zero-order chi connectivity index (χ0) is 18.5. The van der Waals surface area contributed by atoms with Gasteiger partial charge in [-0.25, -0.2) is 13.4 Å². The van der Waals surface area contributed by atoms with Crippen LogP contribution in [0.15, 0.2) is 17.2 Å². The van der Waals surface area contributed by atoms with Crippen LogP contribution in [0.5, 0.6) is 0 Å². The fourth-order valence-corrected chi connectivity index (χ4v) is 2.47. The van der Waals surface area contributed by atoms with Crippen LogP contribution in [0.2, 0.25) is 0 Å². The number of carbonyl (C=O) groups excluding carboxylic acids is 2. The Kier molecular flexibility index (Phi) is 6.04. The molecule has 1 heterocycles. The van der Waals surface area contributed by atoms with Gasteiger partial charge < -0.3 is 10.1 Å². The molecule has 0 atom stereocenters. The molecule has 130 valence electrons. The number of carbonyl (C=O) groups is 2. The van der Waals surface area contributed by atoms with E-state index in [1.54, 1.807) is 26.8 Å².